The molecule has 0 aromatic heterocycles. The van der Waals surface area contributed by atoms with E-state index in [9.17, 15) is 13.2 Å². The zero-order chi connectivity index (χ0) is 17.0. The number of hydrogen-bond donors (Lipinski definition) is 1. The van der Waals surface area contributed by atoms with Gasteiger partial charge in [0, 0.05) is 10.7 Å². The molecule has 1 N–H and O–H groups in total. The number of hydrogen-bond acceptors (Lipinski definition) is 4. The highest BCUT2D eigenvalue weighted by Crippen LogP contribution is 2.34. The molecule has 0 saturated heterocycles. The monoisotopic (exact) mass is 393 g/mol. The van der Waals surface area contributed by atoms with E-state index in [2.05, 4.69) is 5.32 Å². The van der Waals surface area contributed by atoms with Gasteiger partial charge in [0.2, 0.25) is 0 Å². The number of halogens is 3. The van der Waals surface area contributed by atoms with Gasteiger partial charge in [-0.1, -0.05) is 53.5 Å². The maximum atomic E-state index is 11.8. The van der Waals surface area contributed by atoms with Crippen LogP contribution in [0.4, 0.5) is 10.5 Å². The highest BCUT2D eigenvalue weighted by Gasteiger charge is 2.17. The summed E-state index contributed by atoms with van der Waals surface area (Å²) in [6, 6.07) is 11.2. The summed E-state index contributed by atoms with van der Waals surface area (Å²) in [7, 11) is 1.24. The molecule has 0 aliphatic rings. The third-order valence-electron chi connectivity index (χ3n) is 2.74. The molecule has 23 heavy (non-hydrogen) atoms. The van der Waals surface area contributed by atoms with Gasteiger partial charge in [-0.15, -0.1) is 0 Å². The van der Waals surface area contributed by atoms with E-state index in [1.807, 2.05) is 18.2 Å². The molecule has 0 saturated carbocycles. The van der Waals surface area contributed by atoms with E-state index in [-0.39, 0.29) is 27.2 Å². The van der Waals surface area contributed by atoms with Crippen LogP contribution in [0.5, 0.6) is 0 Å². The number of carbonyl (C=O) groups excluding carboxylic acids is 1. The Morgan fingerprint density at radius 2 is 1.65 bits per heavy atom. The third-order valence-corrected chi connectivity index (χ3v) is 4.67. The summed E-state index contributed by atoms with van der Waals surface area (Å²) in [4.78, 5) is 11.5. The maximum absolute atomic E-state index is 11.8. The predicted molar refractivity (Wildman–Crippen MR) is 89.8 cm³/mol. The minimum absolute atomic E-state index is 0.0375. The molecule has 2 aromatic rings. The van der Waals surface area contributed by atoms with Crippen molar-refractivity contribution < 1.29 is 17.9 Å². The highest BCUT2D eigenvalue weighted by molar-refractivity contribution is 8.13. The molecule has 1 amide bonds. The van der Waals surface area contributed by atoms with Crippen molar-refractivity contribution in [3.8, 4) is 0 Å². The number of nitrogens with one attached hydrogen (secondary N) is 1. The van der Waals surface area contributed by atoms with Crippen LogP contribution < -0.4 is 5.32 Å². The zero-order valence-electron chi connectivity index (χ0n) is 11.4. The lowest BCUT2D eigenvalue weighted by molar-refractivity contribution is 0.155. The Balaban J connectivity index is 2.09. The normalized spacial score (nSPS) is 11.1. The number of rotatable bonds is 4. The van der Waals surface area contributed by atoms with Gasteiger partial charge in [-0.25, -0.2) is 13.2 Å². The van der Waals surface area contributed by atoms with Crippen LogP contribution in [0.1, 0.15) is 5.56 Å². The van der Waals surface area contributed by atoms with Crippen molar-refractivity contribution in [1.82, 2.24) is 0 Å². The van der Waals surface area contributed by atoms with Crippen LogP contribution in [0.3, 0.4) is 0 Å². The second-order valence-electron chi connectivity index (χ2n) is 4.39. The molecule has 0 spiro atoms. The molecule has 0 heterocycles. The van der Waals surface area contributed by atoms with Crippen molar-refractivity contribution in [1.29, 1.82) is 0 Å². The first kappa shape index (κ1) is 17.9. The first-order valence-electron chi connectivity index (χ1n) is 6.19. The molecule has 0 aliphatic heterocycles. The molecule has 0 aliphatic carbocycles. The van der Waals surface area contributed by atoms with Crippen LogP contribution in [-0.4, -0.2) is 14.5 Å². The topological polar surface area (TPSA) is 72.5 Å². The molecule has 0 radical (unpaired) electrons. The molecule has 0 unspecified atom stereocenters. The van der Waals surface area contributed by atoms with Crippen molar-refractivity contribution in [2.45, 2.75) is 11.5 Å². The van der Waals surface area contributed by atoms with E-state index in [4.69, 9.17) is 38.6 Å². The van der Waals surface area contributed by atoms with Gasteiger partial charge < -0.3 is 4.74 Å². The lowest BCUT2D eigenvalue weighted by Gasteiger charge is -2.11. The fourth-order valence-electron chi connectivity index (χ4n) is 1.67. The van der Waals surface area contributed by atoms with Gasteiger partial charge in [0.1, 0.15) is 6.61 Å². The van der Waals surface area contributed by atoms with E-state index in [1.54, 1.807) is 12.1 Å². The molecule has 2 aromatic carbocycles. The molecule has 122 valence electrons. The lowest BCUT2D eigenvalue weighted by Crippen LogP contribution is -2.14. The summed E-state index contributed by atoms with van der Waals surface area (Å²) >= 11 is 11.8. The van der Waals surface area contributed by atoms with E-state index in [0.29, 0.717) is 0 Å². The van der Waals surface area contributed by atoms with Crippen LogP contribution in [0.15, 0.2) is 47.4 Å². The Labute approximate surface area is 147 Å². The van der Waals surface area contributed by atoms with Crippen molar-refractivity contribution >= 4 is 54.7 Å². The largest absolute Gasteiger partial charge is 0.444 e. The minimum Gasteiger partial charge on any atom is -0.444 e. The molecular weight excluding hydrogens is 385 g/mol. The van der Waals surface area contributed by atoms with Crippen molar-refractivity contribution in [2.75, 3.05) is 5.32 Å². The summed E-state index contributed by atoms with van der Waals surface area (Å²) < 4.78 is 27.6. The maximum Gasteiger partial charge on any atom is 0.412 e. The van der Waals surface area contributed by atoms with Gasteiger partial charge in [-0.05, 0) is 17.7 Å². The average Bonchev–Trinajstić information content (AvgIpc) is 2.49. The van der Waals surface area contributed by atoms with E-state index in [1.165, 1.54) is 0 Å². The smallest absolute Gasteiger partial charge is 0.412 e. The molecule has 0 atom stereocenters. The van der Waals surface area contributed by atoms with Crippen LogP contribution in [-0.2, 0) is 20.4 Å². The standard InChI is InChI=1S/C14H10Cl3NO4S/c15-11-6-10(23(17,20)21)7-12(16)13(11)18-14(19)22-8-9-4-2-1-3-5-9/h1-7H,8H2,(H,18,19). The van der Waals surface area contributed by atoms with Crippen LogP contribution >= 0.6 is 33.9 Å². The fraction of sp³-hybridized carbons (Fsp3) is 0.0714. The second kappa shape index (κ2) is 7.40. The van der Waals surface area contributed by atoms with Crippen LogP contribution in [0, 0.1) is 0 Å². The summed E-state index contributed by atoms with van der Waals surface area (Å²) in [5.41, 5.74) is 0.846. The average molecular weight is 395 g/mol. The molecule has 0 bridgehead atoms. The van der Waals surface area contributed by atoms with E-state index < -0.39 is 15.1 Å². The number of ether oxygens (including phenoxy) is 1. The van der Waals surface area contributed by atoms with Crippen LogP contribution in [0.25, 0.3) is 0 Å². The number of carbonyl (C=O) groups is 1. The van der Waals surface area contributed by atoms with Gasteiger partial charge >= 0.3 is 6.09 Å². The first-order valence-corrected chi connectivity index (χ1v) is 9.25. The lowest BCUT2D eigenvalue weighted by atomic mass is 10.2. The molecular formula is C14H10Cl3NO4S. The highest BCUT2D eigenvalue weighted by atomic mass is 35.7. The minimum atomic E-state index is -3.98. The Kier molecular flexibility index (Phi) is 5.75. The van der Waals surface area contributed by atoms with Crippen molar-refractivity contribution in [3.63, 3.8) is 0 Å². The van der Waals surface area contributed by atoms with E-state index in [0.717, 1.165) is 17.7 Å². The number of amides is 1. The Bertz CT molecular complexity index is 802. The van der Waals surface area contributed by atoms with Gasteiger partial charge in [0.15, 0.2) is 0 Å². The predicted octanol–water partition coefficient (Wildman–Crippen LogP) is 4.67. The number of benzene rings is 2. The Morgan fingerprint density at radius 1 is 1.09 bits per heavy atom. The molecule has 9 heteroatoms. The second-order valence-corrected chi connectivity index (χ2v) is 7.77. The SMILES string of the molecule is O=C(Nc1c(Cl)cc(S(=O)(=O)Cl)cc1Cl)OCc1ccccc1. The fourth-order valence-corrected chi connectivity index (χ4v) is 3.17. The number of anilines is 1. The quantitative estimate of drug-likeness (QED) is 0.765. The third kappa shape index (κ3) is 5.00. The van der Waals surface area contributed by atoms with E-state index >= 15 is 0 Å². The molecule has 2 rings (SSSR count). The van der Waals surface area contributed by atoms with Crippen molar-refractivity contribution in [3.05, 3.63) is 58.1 Å². The molecule has 0 fully saturated rings. The summed E-state index contributed by atoms with van der Waals surface area (Å²) in [5, 5.41) is 2.21. The van der Waals surface area contributed by atoms with Gasteiger partial charge in [0.25, 0.3) is 9.05 Å². The Morgan fingerprint density at radius 3 is 2.17 bits per heavy atom. The van der Waals surface area contributed by atoms with Gasteiger partial charge in [-0.3, -0.25) is 5.32 Å². The molecule has 5 nitrogen and oxygen atoms in total. The summed E-state index contributed by atoms with van der Waals surface area (Å²) in [6.07, 6.45) is -0.779. The van der Waals surface area contributed by atoms with Gasteiger partial charge in [0.05, 0.1) is 20.6 Å². The van der Waals surface area contributed by atoms with Crippen LogP contribution in [0.2, 0.25) is 10.0 Å². The Hall–Kier alpha value is -1.47. The zero-order valence-corrected chi connectivity index (χ0v) is 14.5. The summed E-state index contributed by atoms with van der Waals surface area (Å²) in [6.45, 7) is 0.0655. The van der Waals surface area contributed by atoms with Gasteiger partial charge in [-0.2, -0.15) is 0 Å². The first-order chi connectivity index (χ1) is 10.8. The van der Waals surface area contributed by atoms with Crippen molar-refractivity contribution in [2.24, 2.45) is 0 Å². The summed E-state index contributed by atoms with van der Waals surface area (Å²) in [5.74, 6) is 0.